The summed E-state index contributed by atoms with van der Waals surface area (Å²) in [6.07, 6.45) is 4.55. The number of nitrogens with one attached hydrogen (secondary N) is 2. The first-order chi connectivity index (χ1) is 15.5. The van der Waals surface area contributed by atoms with Gasteiger partial charge in [-0.05, 0) is 55.2 Å². The van der Waals surface area contributed by atoms with Crippen molar-refractivity contribution in [1.29, 1.82) is 0 Å². The van der Waals surface area contributed by atoms with Crippen LogP contribution in [0.25, 0.3) is 10.2 Å². The number of hydrogen-bond donors (Lipinski definition) is 2. The Hall–Kier alpha value is -3.14. The van der Waals surface area contributed by atoms with Crippen molar-refractivity contribution in [3.05, 3.63) is 56.4 Å². The molecule has 1 saturated carbocycles. The van der Waals surface area contributed by atoms with Crippen LogP contribution in [-0.4, -0.2) is 28.0 Å². The predicted molar refractivity (Wildman–Crippen MR) is 120 cm³/mol. The maximum absolute atomic E-state index is 13.2. The van der Waals surface area contributed by atoms with E-state index in [0.29, 0.717) is 22.5 Å². The molecule has 3 heterocycles. The zero-order valence-electron chi connectivity index (χ0n) is 17.8. The zero-order chi connectivity index (χ0) is 22.7. The second kappa shape index (κ2) is 9.56. The van der Waals surface area contributed by atoms with Gasteiger partial charge in [0.25, 0.3) is 5.56 Å². The Morgan fingerprint density at radius 3 is 2.62 bits per heavy atom. The predicted octanol–water partition coefficient (Wildman–Crippen LogP) is 1.69. The second-order valence-electron chi connectivity index (χ2n) is 8.11. The van der Waals surface area contributed by atoms with Crippen molar-refractivity contribution in [2.24, 2.45) is 11.8 Å². The number of carbonyl (C=O) groups is 2. The highest BCUT2D eigenvalue weighted by molar-refractivity contribution is 7.17. The smallest absolute Gasteiger partial charge is 0.332 e. The number of amides is 2. The van der Waals surface area contributed by atoms with Crippen molar-refractivity contribution in [1.82, 2.24) is 19.8 Å². The van der Waals surface area contributed by atoms with Crippen LogP contribution >= 0.6 is 11.3 Å². The monoisotopic (exact) mass is 458 g/mol. The minimum atomic E-state index is -0.484. The molecular formula is C22H26N4O5S. The van der Waals surface area contributed by atoms with E-state index in [0.717, 1.165) is 25.7 Å². The van der Waals surface area contributed by atoms with Crippen molar-refractivity contribution in [2.75, 3.05) is 7.05 Å². The molecule has 2 N–H and O–H groups in total. The third-order valence-corrected chi connectivity index (χ3v) is 6.97. The van der Waals surface area contributed by atoms with E-state index in [1.54, 1.807) is 30.6 Å². The Morgan fingerprint density at radius 2 is 1.94 bits per heavy atom. The van der Waals surface area contributed by atoms with Crippen molar-refractivity contribution in [2.45, 2.75) is 45.3 Å². The highest BCUT2D eigenvalue weighted by atomic mass is 32.1. The van der Waals surface area contributed by atoms with Gasteiger partial charge in [-0.2, -0.15) is 0 Å². The first-order valence-electron chi connectivity index (χ1n) is 10.7. The number of nitrogens with zero attached hydrogens (tertiary/aromatic N) is 2. The van der Waals surface area contributed by atoms with Gasteiger partial charge in [-0.3, -0.25) is 23.5 Å². The third-order valence-electron chi connectivity index (χ3n) is 6.08. The van der Waals surface area contributed by atoms with Gasteiger partial charge in [0.1, 0.15) is 17.0 Å². The summed E-state index contributed by atoms with van der Waals surface area (Å²) in [5.41, 5.74) is -0.333. The lowest BCUT2D eigenvalue weighted by atomic mass is 9.81. The van der Waals surface area contributed by atoms with E-state index in [1.165, 1.54) is 26.7 Å². The SMILES string of the molecule is CNC(=O)C1CCC(Cn2c(=O)c3sccc3n(CC(=O)NCc3ccco3)c2=O)CC1. The van der Waals surface area contributed by atoms with Gasteiger partial charge in [0.15, 0.2) is 0 Å². The fraction of sp³-hybridized carbons (Fsp3) is 0.455. The topological polar surface area (TPSA) is 115 Å². The summed E-state index contributed by atoms with van der Waals surface area (Å²) < 4.78 is 8.29. The summed E-state index contributed by atoms with van der Waals surface area (Å²) >= 11 is 1.27. The lowest BCUT2D eigenvalue weighted by Gasteiger charge is -2.27. The van der Waals surface area contributed by atoms with E-state index in [4.69, 9.17) is 4.42 Å². The molecule has 0 bridgehead atoms. The zero-order valence-corrected chi connectivity index (χ0v) is 18.7. The first-order valence-corrected chi connectivity index (χ1v) is 11.6. The van der Waals surface area contributed by atoms with Gasteiger partial charge >= 0.3 is 5.69 Å². The van der Waals surface area contributed by atoms with Gasteiger partial charge in [-0.25, -0.2) is 4.79 Å². The van der Waals surface area contributed by atoms with E-state index in [-0.39, 0.29) is 42.3 Å². The molecule has 0 unspecified atom stereocenters. The van der Waals surface area contributed by atoms with Crippen molar-refractivity contribution < 1.29 is 14.0 Å². The Kier molecular flexibility index (Phi) is 6.59. The van der Waals surface area contributed by atoms with Gasteiger partial charge in [-0.1, -0.05) is 0 Å². The lowest BCUT2D eigenvalue weighted by molar-refractivity contribution is -0.125. The summed E-state index contributed by atoms with van der Waals surface area (Å²) in [6, 6.07) is 5.18. The normalized spacial score (nSPS) is 18.5. The largest absolute Gasteiger partial charge is 0.467 e. The number of fused-ring (bicyclic) bond motifs is 1. The quantitative estimate of drug-likeness (QED) is 0.559. The molecule has 2 amide bonds. The molecule has 32 heavy (non-hydrogen) atoms. The fourth-order valence-electron chi connectivity index (χ4n) is 4.31. The molecule has 0 aliphatic heterocycles. The lowest BCUT2D eigenvalue weighted by Crippen LogP contribution is -2.43. The summed E-state index contributed by atoms with van der Waals surface area (Å²) in [7, 11) is 1.64. The molecule has 10 heteroatoms. The summed E-state index contributed by atoms with van der Waals surface area (Å²) in [6.45, 7) is 0.331. The van der Waals surface area contributed by atoms with Gasteiger partial charge in [-0.15, -0.1) is 11.3 Å². The number of rotatable bonds is 7. The molecular weight excluding hydrogens is 432 g/mol. The molecule has 0 aromatic carbocycles. The molecule has 3 aromatic heterocycles. The highest BCUT2D eigenvalue weighted by Gasteiger charge is 2.27. The van der Waals surface area contributed by atoms with Crippen LogP contribution in [0.5, 0.6) is 0 Å². The number of aromatic nitrogens is 2. The summed E-state index contributed by atoms with van der Waals surface area (Å²) in [4.78, 5) is 50.6. The fourth-order valence-corrected chi connectivity index (χ4v) is 5.16. The maximum atomic E-state index is 13.2. The number of carbonyl (C=O) groups excluding carboxylic acids is 2. The van der Waals surface area contributed by atoms with E-state index in [1.807, 2.05) is 0 Å². The molecule has 3 aromatic rings. The van der Waals surface area contributed by atoms with Crippen LogP contribution in [-0.2, 0) is 29.2 Å². The van der Waals surface area contributed by atoms with Crippen molar-refractivity contribution >= 4 is 33.4 Å². The van der Waals surface area contributed by atoms with E-state index in [2.05, 4.69) is 10.6 Å². The first kappa shape index (κ1) is 22.1. The minimum absolute atomic E-state index is 0.0118. The number of hydrogen-bond acceptors (Lipinski definition) is 6. The molecule has 1 fully saturated rings. The van der Waals surface area contributed by atoms with Crippen molar-refractivity contribution in [3.8, 4) is 0 Å². The highest BCUT2D eigenvalue weighted by Crippen LogP contribution is 2.29. The van der Waals surface area contributed by atoms with Crippen LogP contribution in [0, 0.1) is 11.8 Å². The van der Waals surface area contributed by atoms with E-state index >= 15 is 0 Å². The van der Waals surface area contributed by atoms with Crippen LogP contribution in [0.3, 0.4) is 0 Å². The number of thiophene rings is 1. The standard InChI is InChI=1S/C22H26N4O5S/c1-23-20(28)15-6-4-14(5-7-15)12-26-21(29)19-17(8-10-32-19)25(22(26)30)13-18(27)24-11-16-3-2-9-31-16/h2-3,8-10,14-15H,4-7,11-13H2,1H3,(H,23,28)(H,24,27). The van der Waals surface area contributed by atoms with Gasteiger partial charge in [0.2, 0.25) is 11.8 Å². The van der Waals surface area contributed by atoms with Crippen LogP contribution in [0.2, 0.25) is 0 Å². The van der Waals surface area contributed by atoms with Crippen LogP contribution in [0.1, 0.15) is 31.4 Å². The molecule has 0 atom stereocenters. The van der Waals surface area contributed by atoms with Gasteiger partial charge < -0.3 is 15.1 Å². The average Bonchev–Trinajstić information content (AvgIpc) is 3.50. The van der Waals surface area contributed by atoms with E-state index in [9.17, 15) is 19.2 Å². The molecule has 1 aliphatic carbocycles. The molecule has 1 aliphatic rings. The summed E-state index contributed by atoms with van der Waals surface area (Å²) in [5, 5.41) is 7.18. The molecule has 4 rings (SSSR count). The minimum Gasteiger partial charge on any atom is -0.467 e. The van der Waals surface area contributed by atoms with Gasteiger partial charge in [0, 0.05) is 19.5 Å². The van der Waals surface area contributed by atoms with Crippen LogP contribution < -0.4 is 21.9 Å². The number of furan rings is 1. The van der Waals surface area contributed by atoms with Crippen LogP contribution in [0.15, 0.2) is 43.8 Å². The Balaban J connectivity index is 1.53. The molecule has 0 spiro atoms. The van der Waals surface area contributed by atoms with E-state index < -0.39 is 5.69 Å². The average molecular weight is 459 g/mol. The van der Waals surface area contributed by atoms with Crippen molar-refractivity contribution in [3.63, 3.8) is 0 Å². The van der Waals surface area contributed by atoms with Crippen LogP contribution in [0.4, 0.5) is 0 Å². The molecule has 170 valence electrons. The third kappa shape index (κ3) is 4.55. The van der Waals surface area contributed by atoms with Gasteiger partial charge in [0.05, 0.1) is 18.3 Å². The second-order valence-corrected chi connectivity index (χ2v) is 9.02. The molecule has 9 nitrogen and oxygen atoms in total. The Labute approximate surface area is 188 Å². The Bertz CT molecular complexity index is 1220. The summed E-state index contributed by atoms with van der Waals surface area (Å²) in [5.74, 6) is 0.446. The Morgan fingerprint density at radius 1 is 1.16 bits per heavy atom. The molecule has 0 saturated heterocycles. The molecule has 0 radical (unpaired) electrons. The maximum Gasteiger partial charge on any atom is 0.332 e.